The molecular weight excluding hydrogens is 252 g/mol. The van der Waals surface area contributed by atoms with Crippen LogP contribution in [0.25, 0.3) is 11.1 Å². The first-order valence-corrected chi connectivity index (χ1v) is 6.39. The molecule has 1 aliphatic carbocycles. The molecule has 4 nitrogen and oxygen atoms in total. The molecule has 1 aromatic heterocycles. The standard InChI is InChI=1S/C16H12N2O2/c1-9(2)18-8-13-14(12(7-17)16(18)20)10-5-3-4-6-11(10)15(13)19/h3-6,8-9H,1-2H3. The summed E-state index contributed by atoms with van der Waals surface area (Å²) in [5.41, 5.74) is 1.86. The second-order valence-electron chi connectivity index (χ2n) is 5.09. The molecule has 0 N–H and O–H groups in total. The molecule has 0 saturated heterocycles. The van der Waals surface area contributed by atoms with E-state index in [2.05, 4.69) is 0 Å². The predicted molar refractivity (Wildman–Crippen MR) is 74.7 cm³/mol. The summed E-state index contributed by atoms with van der Waals surface area (Å²) in [6, 6.07) is 8.95. The average Bonchev–Trinajstić information content (AvgIpc) is 2.72. The normalized spacial score (nSPS) is 12.2. The van der Waals surface area contributed by atoms with E-state index in [1.165, 1.54) is 4.57 Å². The lowest BCUT2D eigenvalue weighted by molar-refractivity contribution is 0.104. The van der Waals surface area contributed by atoms with Gasteiger partial charge in [0.2, 0.25) is 0 Å². The van der Waals surface area contributed by atoms with Gasteiger partial charge in [-0.2, -0.15) is 5.26 Å². The highest BCUT2D eigenvalue weighted by molar-refractivity contribution is 6.22. The third-order valence-electron chi connectivity index (χ3n) is 3.59. The molecule has 0 fully saturated rings. The van der Waals surface area contributed by atoms with Gasteiger partial charge in [-0.15, -0.1) is 0 Å². The Morgan fingerprint density at radius 1 is 1.10 bits per heavy atom. The number of carbonyl (C=O) groups excluding carboxylic acids is 1. The second kappa shape index (κ2) is 4.17. The van der Waals surface area contributed by atoms with Crippen molar-refractivity contribution in [2.45, 2.75) is 19.9 Å². The first kappa shape index (κ1) is 12.4. The molecule has 98 valence electrons. The van der Waals surface area contributed by atoms with Crippen LogP contribution < -0.4 is 5.56 Å². The van der Waals surface area contributed by atoms with Crippen molar-refractivity contribution in [1.29, 1.82) is 5.26 Å². The molecule has 0 spiro atoms. The Morgan fingerprint density at radius 3 is 2.35 bits per heavy atom. The lowest BCUT2D eigenvalue weighted by Crippen LogP contribution is -2.25. The third kappa shape index (κ3) is 1.47. The Kier molecular flexibility index (Phi) is 2.58. The summed E-state index contributed by atoms with van der Waals surface area (Å²) in [6.07, 6.45) is 1.57. The van der Waals surface area contributed by atoms with Crippen molar-refractivity contribution in [2.75, 3.05) is 0 Å². The third-order valence-corrected chi connectivity index (χ3v) is 3.59. The van der Waals surface area contributed by atoms with E-state index in [1.54, 1.807) is 30.5 Å². The highest BCUT2D eigenvalue weighted by atomic mass is 16.1. The Hall–Kier alpha value is -2.67. The van der Waals surface area contributed by atoms with E-state index in [0.29, 0.717) is 22.3 Å². The van der Waals surface area contributed by atoms with Crippen LogP contribution in [0.1, 0.15) is 41.4 Å². The fourth-order valence-electron chi connectivity index (χ4n) is 2.62. The summed E-state index contributed by atoms with van der Waals surface area (Å²) in [5.74, 6) is -0.124. The monoisotopic (exact) mass is 264 g/mol. The summed E-state index contributed by atoms with van der Waals surface area (Å²) in [7, 11) is 0. The Labute approximate surface area is 115 Å². The van der Waals surface area contributed by atoms with E-state index in [9.17, 15) is 14.9 Å². The topological polar surface area (TPSA) is 62.9 Å². The van der Waals surface area contributed by atoms with Crippen molar-refractivity contribution in [3.05, 3.63) is 57.5 Å². The molecule has 4 heteroatoms. The van der Waals surface area contributed by atoms with Crippen LogP contribution in [-0.2, 0) is 0 Å². The minimum atomic E-state index is -0.342. The summed E-state index contributed by atoms with van der Waals surface area (Å²) < 4.78 is 1.45. The molecular formula is C16H12N2O2. The van der Waals surface area contributed by atoms with Gasteiger partial charge in [-0.3, -0.25) is 9.59 Å². The lowest BCUT2D eigenvalue weighted by Gasteiger charge is -2.12. The zero-order chi connectivity index (χ0) is 14.4. The molecule has 0 atom stereocenters. The highest BCUT2D eigenvalue weighted by Crippen LogP contribution is 2.37. The van der Waals surface area contributed by atoms with Gasteiger partial charge in [0.15, 0.2) is 5.78 Å². The molecule has 2 aromatic rings. The van der Waals surface area contributed by atoms with Gasteiger partial charge >= 0.3 is 0 Å². The summed E-state index contributed by atoms with van der Waals surface area (Å²) in [4.78, 5) is 24.8. The number of rotatable bonds is 1. The van der Waals surface area contributed by atoms with Gasteiger partial charge in [-0.1, -0.05) is 24.3 Å². The molecule has 0 amide bonds. The maximum Gasteiger partial charge on any atom is 0.269 e. The number of nitriles is 1. The fourth-order valence-corrected chi connectivity index (χ4v) is 2.62. The molecule has 1 heterocycles. The molecule has 3 rings (SSSR count). The van der Waals surface area contributed by atoms with Gasteiger partial charge in [-0.05, 0) is 19.4 Å². The van der Waals surface area contributed by atoms with Crippen molar-refractivity contribution in [3.63, 3.8) is 0 Å². The van der Waals surface area contributed by atoms with Crippen molar-refractivity contribution in [2.24, 2.45) is 0 Å². The van der Waals surface area contributed by atoms with Crippen molar-refractivity contribution in [3.8, 4) is 17.2 Å². The van der Waals surface area contributed by atoms with Crippen LogP contribution in [0.15, 0.2) is 35.3 Å². The number of hydrogen-bond donors (Lipinski definition) is 0. The van der Waals surface area contributed by atoms with Gasteiger partial charge in [0.25, 0.3) is 5.56 Å². The fraction of sp³-hybridized carbons (Fsp3) is 0.188. The minimum Gasteiger partial charge on any atom is -0.311 e. The largest absolute Gasteiger partial charge is 0.311 e. The van der Waals surface area contributed by atoms with Gasteiger partial charge in [-0.25, -0.2) is 0 Å². The van der Waals surface area contributed by atoms with Crippen LogP contribution in [0.3, 0.4) is 0 Å². The van der Waals surface area contributed by atoms with Crippen LogP contribution in [-0.4, -0.2) is 10.4 Å². The van der Waals surface area contributed by atoms with Gasteiger partial charge < -0.3 is 4.57 Å². The van der Waals surface area contributed by atoms with Crippen molar-refractivity contribution < 1.29 is 4.79 Å². The van der Waals surface area contributed by atoms with Crippen LogP contribution >= 0.6 is 0 Å². The first-order valence-electron chi connectivity index (χ1n) is 6.39. The summed E-state index contributed by atoms with van der Waals surface area (Å²) in [5, 5.41) is 9.33. The number of hydrogen-bond acceptors (Lipinski definition) is 3. The number of benzene rings is 1. The predicted octanol–water partition coefficient (Wildman–Crippen LogP) is 2.51. The van der Waals surface area contributed by atoms with E-state index in [4.69, 9.17) is 0 Å². The van der Waals surface area contributed by atoms with E-state index >= 15 is 0 Å². The van der Waals surface area contributed by atoms with Crippen molar-refractivity contribution >= 4 is 5.78 Å². The zero-order valence-electron chi connectivity index (χ0n) is 11.2. The van der Waals surface area contributed by atoms with Gasteiger partial charge in [0.1, 0.15) is 11.6 Å². The molecule has 20 heavy (non-hydrogen) atoms. The number of carbonyl (C=O) groups is 1. The number of nitrogens with zero attached hydrogens (tertiary/aromatic N) is 2. The van der Waals surface area contributed by atoms with Crippen LogP contribution in [0.2, 0.25) is 0 Å². The smallest absolute Gasteiger partial charge is 0.269 e. The Morgan fingerprint density at radius 2 is 1.75 bits per heavy atom. The zero-order valence-corrected chi connectivity index (χ0v) is 11.2. The van der Waals surface area contributed by atoms with Crippen LogP contribution in [0.5, 0.6) is 0 Å². The molecule has 0 unspecified atom stereocenters. The van der Waals surface area contributed by atoms with E-state index in [1.807, 2.05) is 19.9 Å². The molecule has 1 aliphatic rings. The van der Waals surface area contributed by atoms with Gasteiger partial charge in [0.05, 0.1) is 0 Å². The Bertz CT molecular complexity index is 839. The molecule has 0 bridgehead atoms. The van der Waals surface area contributed by atoms with Crippen LogP contribution in [0.4, 0.5) is 0 Å². The van der Waals surface area contributed by atoms with E-state index in [0.717, 1.165) is 0 Å². The van der Waals surface area contributed by atoms with Crippen molar-refractivity contribution in [1.82, 2.24) is 4.57 Å². The number of fused-ring (bicyclic) bond motifs is 3. The highest BCUT2D eigenvalue weighted by Gasteiger charge is 2.31. The summed E-state index contributed by atoms with van der Waals surface area (Å²) >= 11 is 0. The number of aromatic nitrogens is 1. The molecule has 0 aliphatic heterocycles. The Balaban J connectivity index is 2.47. The van der Waals surface area contributed by atoms with Gasteiger partial charge in [0, 0.05) is 28.9 Å². The number of ketones is 1. The quantitative estimate of drug-likeness (QED) is 0.678. The molecule has 0 radical (unpaired) electrons. The molecule has 1 aromatic carbocycles. The number of pyridine rings is 1. The summed E-state index contributed by atoms with van der Waals surface area (Å²) in [6.45, 7) is 3.70. The SMILES string of the molecule is CC(C)n1cc2c(c(C#N)c1=O)-c1ccccc1C2=O. The maximum absolute atomic E-state index is 12.4. The van der Waals surface area contributed by atoms with E-state index < -0.39 is 0 Å². The molecule has 0 saturated carbocycles. The van der Waals surface area contributed by atoms with E-state index in [-0.39, 0.29) is 22.9 Å². The lowest BCUT2D eigenvalue weighted by atomic mass is 10.0. The second-order valence-corrected chi connectivity index (χ2v) is 5.09. The minimum absolute atomic E-state index is 0.0505. The maximum atomic E-state index is 12.4. The first-order chi connectivity index (χ1) is 9.56. The average molecular weight is 264 g/mol. The van der Waals surface area contributed by atoms with Crippen LogP contribution in [0, 0.1) is 11.3 Å².